The summed E-state index contributed by atoms with van der Waals surface area (Å²) in [5, 5.41) is 3.00. The molecule has 2 rings (SSSR count). The smallest absolute Gasteiger partial charge is 0.151 e. The van der Waals surface area contributed by atoms with E-state index >= 15 is 0 Å². The summed E-state index contributed by atoms with van der Waals surface area (Å²) in [5.41, 5.74) is 2.12. The molecule has 0 N–H and O–H groups in total. The standard InChI is InChI=1S/C11H12O2S2/c1-8-3-4-10-9(7-15(2,12)13)6-14-11(10)5-8/h3-6H,7H2,1-2H3. The number of fused-ring (bicyclic) bond motifs is 1. The van der Waals surface area contributed by atoms with Crippen molar-refractivity contribution in [2.45, 2.75) is 12.7 Å². The average molecular weight is 240 g/mol. The third-order valence-corrected chi connectivity index (χ3v) is 4.06. The van der Waals surface area contributed by atoms with Crippen LogP contribution in [-0.2, 0) is 15.6 Å². The van der Waals surface area contributed by atoms with Gasteiger partial charge in [0, 0.05) is 11.0 Å². The Morgan fingerprint density at radius 2 is 2.07 bits per heavy atom. The second kappa shape index (κ2) is 3.61. The van der Waals surface area contributed by atoms with Crippen LogP contribution in [0.5, 0.6) is 0 Å². The molecule has 0 amide bonds. The fourth-order valence-electron chi connectivity index (χ4n) is 1.58. The van der Waals surface area contributed by atoms with Crippen molar-refractivity contribution in [3.63, 3.8) is 0 Å². The molecule has 0 unspecified atom stereocenters. The summed E-state index contributed by atoms with van der Waals surface area (Å²) in [5.74, 6) is 0.135. The van der Waals surface area contributed by atoms with Gasteiger partial charge in [0.1, 0.15) is 0 Å². The number of aryl methyl sites for hydroxylation is 1. The maximum atomic E-state index is 11.2. The maximum Gasteiger partial charge on any atom is 0.151 e. The molecule has 0 aliphatic heterocycles. The van der Waals surface area contributed by atoms with Gasteiger partial charge < -0.3 is 0 Å². The molecule has 2 nitrogen and oxygen atoms in total. The first-order valence-corrected chi connectivity index (χ1v) is 7.54. The lowest BCUT2D eigenvalue weighted by Crippen LogP contribution is -1.99. The van der Waals surface area contributed by atoms with Crippen molar-refractivity contribution in [1.82, 2.24) is 0 Å². The van der Waals surface area contributed by atoms with Gasteiger partial charge in [0.25, 0.3) is 0 Å². The molecular weight excluding hydrogens is 228 g/mol. The molecular formula is C11H12O2S2. The molecule has 0 spiro atoms. The van der Waals surface area contributed by atoms with Gasteiger partial charge in [-0.1, -0.05) is 12.1 Å². The van der Waals surface area contributed by atoms with Crippen molar-refractivity contribution in [2.24, 2.45) is 0 Å². The SMILES string of the molecule is Cc1ccc2c(CS(C)(=O)=O)csc2c1. The second-order valence-corrected chi connectivity index (χ2v) is 6.88. The fraction of sp³-hybridized carbons (Fsp3) is 0.273. The Hall–Kier alpha value is -0.870. The summed E-state index contributed by atoms with van der Waals surface area (Å²) in [6, 6.07) is 6.11. The highest BCUT2D eigenvalue weighted by atomic mass is 32.2. The van der Waals surface area contributed by atoms with E-state index in [1.165, 1.54) is 11.8 Å². The number of benzene rings is 1. The molecule has 0 saturated carbocycles. The van der Waals surface area contributed by atoms with E-state index in [-0.39, 0.29) is 5.75 Å². The highest BCUT2D eigenvalue weighted by Crippen LogP contribution is 2.27. The van der Waals surface area contributed by atoms with Crippen LogP contribution >= 0.6 is 11.3 Å². The van der Waals surface area contributed by atoms with Crippen LogP contribution in [0, 0.1) is 6.92 Å². The molecule has 0 atom stereocenters. The van der Waals surface area contributed by atoms with Crippen LogP contribution in [0.25, 0.3) is 10.1 Å². The summed E-state index contributed by atoms with van der Waals surface area (Å²) >= 11 is 1.60. The van der Waals surface area contributed by atoms with E-state index in [1.807, 2.05) is 24.4 Å². The zero-order chi connectivity index (χ0) is 11.1. The minimum absolute atomic E-state index is 0.135. The number of sulfone groups is 1. The zero-order valence-corrected chi connectivity index (χ0v) is 10.3. The van der Waals surface area contributed by atoms with Crippen molar-refractivity contribution >= 4 is 31.3 Å². The Balaban J connectivity index is 2.55. The Morgan fingerprint density at radius 3 is 2.73 bits per heavy atom. The molecule has 0 aliphatic rings. The lowest BCUT2D eigenvalue weighted by Gasteiger charge is -1.98. The van der Waals surface area contributed by atoms with Gasteiger partial charge in [-0.3, -0.25) is 0 Å². The first-order valence-electron chi connectivity index (χ1n) is 4.60. The molecule has 1 aromatic heterocycles. The lowest BCUT2D eigenvalue weighted by molar-refractivity contribution is 0.601. The summed E-state index contributed by atoms with van der Waals surface area (Å²) in [6.07, 6.45) is 1.27. The normalized spacial score (nSPS) is 12.1. The number of hydrogen-bond acceptors (Lipinski definition) is 3. The van der Waals surface area contributed by atoms with Gasteiger partial charge in [0.15, 0.2) is 9.84 Å². The van der Waals surface area contributed by atoms with Crippen LogP contribution in [0.2, 0.25) is 0 Å². The van der Waals surface area contributed by atoms with E-state index in [9.17, 15) is 8.42 Å². The van der Waals surface area contributed by atoms with Crippen LogP contribution < -0.4 is 0 Å². The minimum atomic E-state index is -2.94. The molecule has 1 heterocycles. The van der Waals surface area contributed by atoms with E-state index in [4.69, 9.17) is 0 Å². The predicted octanol–water partition coefficient (Wildman–Crippen LogP) is 2.75. The molecule has 0 aliphatic carbocycles. The van der Waals surface area contributed by atoms with Crippen molar-refractivity contribution < 1.29 is 8.42 Å². The van der Waals surface area contributed by atoms with Crippen molar-refractivity contribution in [2.75, 3.05) is 6.26 Å². The molecule has 0 bridgehead atoms. The first-order chi connectivity index (χ1) is 6.96. The third-order valence-electron chi connectivity index (χ3n) is 2.23. The van der Waals surface area contributed by atoms with Gasteiger partial charge in [-0.2, -0.15) is 0 Å². The van der Waals surface area contributed by atoms with E-state index < -0.39 is 9.84 Å². The molecule has 15 heavy (non-hydrogen) atoms. The third kappa shape index (κ3) is 2.38. The van der Waals surface area contributed by atoms with E-state index in [0.29, 0.717) is 0 Å². The summed E-state index contributed by atoms with van der Waals surface area (Å²) in [7, 11) is -2.94. The zero-order valence-electron chi connectivity index (χ0n) is 8.65. The fourth-order valence-corrected chi connectivity index (χ4v) is 3.55. The predicted molar refractivity (Wildman–Crippen MR) is 65.1 cm³/mol. The highest BCUT2D eigenvalue weighted by Gasteiger charge is 2.09. The minimum Gasteiger partial charge on any atom is -0.229 e. The largest absolute Gasteiger partial charge is 0.229 e. The van der Waals surface area contributed by atoms with Crippen molar-refractivity contribution in [1.29, 1.82) is 0 Å². The Morgan fingerprint density at radius 1 is 1.33 bits per heavy atom. The van der Waals surface area contributed by atoms with Gasteiger partial charge in [0.2, 0.25) is 0 Å². The van der Waals surface area contributed by atoms with Crippen LogP contribution in [-0.4, -0.2) is 14.7 Å². The summed E-state index contributed by atoms with van der Waals surface area (Å²) < 4.78 is 23.6. The van der Waals surface area contributed by atoms with Gasteiger partial charge in [-0.15, -0.1) is 11.3 Å². The van der Waals surface area contributed by atoms with E-state index in [2.05, 4.69) is 6.07 Å². The van der Waals surface area contributed by atoms with Gasteiger partial charge >= 0.3 is 0 Å². The summed E-state index contributed by atoms with van der Waals surface area (Å²) in [4.78, 5) is 0. The molecule has 0 saturated heterocycles. The van der Waals surface area contributed by atoms with Gasteiger partial charge in [-0.25, -0.2) is 8.42 Å². The quantitative estimate of drug-likeness (QED) is 0.809. The number of rotatable bonds is 2. The van der Waals surface area contributed by atoms with Gasteiger partial charge in [0.05, 0.1) is 5.75 Å². The Labute approximate surface area is 93.5 Å². The van der Waals surface area contributed by atoms with Crippen LogP contribution in [0.3, 0.4) is 0 Å². The van der Waals surface area contributed by atoms with Gasteiger partial charge in [-0.05, 0) is 34.9 Å². The monoisotopic (exact) mass is 240 g/mol. The van der Waals surface area contributed by atoms with Crippen LogP contribution in [0.4, 0.5) is 0 Å². The number of thiophene rings is 1. The molecule has 80 valence electrons. The highest BCUT2D eigenvalue weighted by molar-refractivity contribution is 7.89. The van der Waals surface area contributed by atoms with E-state index in [0.717, 1.165) is 15.6 Å². The lowest BCUT2D eigenvalue weighted by atomic mass is 10.1. The Kier molecular flexibility index (Phi) is 2.56. The van der Waals surface area contributed by atoms with E-state index in [1.54, 1.807) is 11.3 Å². The van der Waals surface area contributed by atoms with Crippen LogP contribution in [0.15, 0.2) is 23.6 Å². The molecule has 0 radical (unpaired) electrons. The van der Waals surface area contributed by atoms with Crippen molar-refractivity contribution in [3.05, 3.63) is 34.7 Å². The first kappa shape index (κ1) is 10.6. The van der Waals surface area contributed by atoms with Crippen LogP contribution in [0.1, 0.15) is 11.1 Å². The maximum absolute atomic E-state index is 11.2. The molecule has 2 aromatic rings. The second-order valence-electron chi connectivity index (χ2n) is 3.83. The molecule has 1 aromatic carbocycles. The average Bonchev–Trinajstić information content (AvgIpc) is 2.45. The van der Waals surface area contributed by atoms with Crippen molar-refractivity contribution in [3.8, 4) is 0 Å². The topological polar surface area (TPSA) is 34.1 Å². The number of hydrogen-bond donors (Lipinski definition) is 0. The molecule has 0 fully saturated rings. The Bertz CT molecular complexity index is 594. The molecule has 4 heteroatoms. The summed E-state index contributed by atoms with van der Waals surface area (Å²) in [6.45, 7) is 2.04.